The lowest BCUT2D eigenvalue weighted by Crippen LogP contribution is -2.39. The van der Waals surface area contributed by atoms with Gasteiger partial charge in [0, 0.05) is 0 Å². The van der Waals surface area contributed by atoms with E-state index in [0.29, 0.717) is 25.4 Å². The molecule has 0 saturated heterocycles. The highest BCUT2D eigenvalue weighted by Gasteiger charge is 2.63. The fourth-order valence-electron chi connectivity index (χ4n) is 9.79. The smallest absolute Gasteiger partial charge is 0.308 e. The normalized spacial score (nSPS) is 49.3. The summed E-state index contributed by atoms with van der Waals surface area (Å²) in [6.07, 6.45) is 8.03. The van der Waals surface area contributed by atoms with Crippen LogP contribution in [0.1, 0.15) is 71.6 Å². The zero-order valence-electron chi connectivity index (χ0n) is 20.7. The Hall–Kier alpha value is -1.14. The molecule has 14 atom stereocenters. The fourth-order valence-corrected chi connectivity index (χ4v) is 9.79. The van der Waals surface area contributed by atoms with Crippen molar-refractivity contribution in [3.8, 4) is 0 Å². The van der Waals surface area contributed by atoms with Crippen LogP contribution in [0.4, 0.5) is 0 Å². The summed E-state index contributed by atoms with van der Waals surface area (Å²) < 4.78 is 11.8. The van der Waals surface area contributed by atoms with Gasteiger partial charge in [0.1, 0.15) is 6.10 Å². The molecule has 190 valence electrons. The topological polar surface area (TPSA) is 93.1 Å². The van der Waals surface area contributed by atoms with Gasteiger partial charge in [0.25, 0.3) is 0 Å². The number of aliphatic hydroxyl groups excluding tert-OH is 2. The van der Waals surface area contributed by atoms with E-state index in [1.54, 1.807) is 0 Å². The lowest BCUT2D eigenvalue weighted by molar-refractivity contribution is -0.160. The number of carbonyl (C=O) groups excluding carboxylic acids is 2. The molecule has 34 heavy (non-hydrogen) atoms. The summed E-state index contributed by atoms with van der Waals surface area (Å²) in [4.78, 5) is 25.8. The molecule has 0 spiro atoms. The number of hydrogen-bond donors (Lipinski definition) is 2. The molecule has 6 bridgehead atoms. The molecule has 6 aliphatic rings. The van der Waals surface area contributed by atoms with Crippen molar-refractivity contribution in [2.75, 3.05) is 6.61 Å². The summed E-state index contributed by atoms with van der Waals surface area (Å²) in [7, 11) is 0. The summed E-state index contributed by atoms with van der Waals surface area (Å²) in [6.45, 7) is 4.15. The molecule has 0 radical (unpaired) electrons. The van der Waals surface area contributed by atoms with E-state index >= 15 is 0 Å². The van der Waals surface area contributed by atoms with E-state index in [1.165, 1.54) is 25.7 Å². The van der Waals surface area contributed by atoms with Crippen molar-refractivity contribution >= 4 is 11.9 Å². The number of hydrogen-bond acceptors (Lipinski definition) is 6. The van der Waals surface area contributed by atoms with Crippen molar-refractivity contribution in [1.82, 2.24) is 0 Å². The zero-order valence-corrected chi connectivity index (χ0v) is 20.7. The van der Waals surface area contributed by atoms with Gasteiger partial charge in [-0.2, -0.15) is 0 Å². The second-order valence-electron chi connectivity index (χ2n) is 12.9. The van der Waals surface area contributed by atoms with E-state index in [0.717, 1.165) is 48.9 Å². The van der Waals surface area contributed by atoms with Gasteiger partial charge < -0.3 is 19.7 Å². The van der Waals surface area contributed by atoms with Gasteiger partial charge in [-0.25, -0.2) is 0 Å². The van der Waals surface area contributed by atoms with Crippen LogP contribution < -0.4 is 0 Å². The first-order valence-electron chi connectivity index (χ1n) is 14.1. The predicted molar refractivity (Wildman–Crippen MR) is 124 cm³/mol. The van der Waals surface area contributed by atoms with Gasteiger partial charge in [0.2, 0.25) is 0 Å². The maximum Gasteiger partial charge on any atom is 0.308 e. The van der Waals surface area contributed by atoms with Crippen LogP contribution in [0.2, 0.25) is 0 Å². The zero-order chi connectivity index (χ0) is 23.7. The number of aliphatic hydroxyl groups is 2. The Morgan fingerprint density at radius 1 is 0.853 bits per heavy atom. The fraction of sp³-hybridized carbons (Fsp3) is 0.929. The average Bonchev–Trinajstić information content (AvgIpc) is 3.65. The summed E-state index contributed by atoms with van der Waals surface area (Å²) in [5.41, 5.74) is 0. The first kappa shape index (κ1) is 23.3. The molecule has 0 aromatic carbocycles. The Morgan fingerprint density at radius 2 is 1.59 bits per heavy atom. The van der Waals surface area contributed by atoms with Gasteiger partial charge in [-0.05, 0) is 111 Å². The minimum absolute atomic E-state index is 0.0261. The number of carbonyl (C=O) groups is 2. The molecular formula is C28H42O6. The van der Waals surface area contributed by atoms with E-state index in [2.05, 4.69) is 0 Å². The monoisotopic (exact) mass is 474 g/mol. The van der Waals surface area contributed by atoms with Crippen LogP contribution in [0, 0.1) is 65.1 Å². The van der Waals surface area contributed by atoms with Crippen LogP contribution in [0.15, 0.2) is 0 Å². The SMILES string of the molecule is CCC(CC(C)C(=O)OC1CC2CC1C1C3CCC(C3)C21)C(=O)OCC1CC2CC1C(O)C2O. The Morgan fingerprint density at radius 3 is 2.29 bits per heavy atom. The van der Waals surface area contributed by atoms with Gasteiger partial charge in [-0.15, -0.1) is 0 Å². The molecule has 6 nitrogen and oxygen atoms in total. The van der Waals surface area contributed by atoms with Crippen molar-refractivity contribution in [2.45, 2.75) is 89.9 Å². The first-order valence-corrected chi connectivity index (χ1v) is 14.1. The van der Waals surface area contributed by atoms with Gasteiger partial charge >= 0.3 is 11.9 Å². The number of rotatable bonds is 8. The average molecular weight is 475 g/mol. The van der Waals surface area contributed by atoms with Crippen LogP contribution in [0.25, 0.3) is 0 Å². The Labute approximate surface area is 203 Å². The second kappa shape index (κ2) is 8.76. The van der Waals surface area contributed by atoms with E-state index in [-0.39, 0.29) is 47.6 Å². The quantitative estimate of drug-likeness (QED) is 0.413. The van der Waals surface area contributed by atoms with Crippen molar-refractivity contribution in [3.05, 3.63) is 0 Å². The molecule has 0 amide bonds. The van der Waals surface area contributed by atoms with E-state index < -0.39 is 12.2 Å². The first-order chi connectivity index (χ1) is 16.4. The van der Waals surface area contributed by atoms with E-state index in [4.69, 9.17) is 9.47 Å². The molecule has 0 aromatic rings. The van der Waals surface area contributed by atoms with Crippen molar-refractivity contribution in [3.63, 3.8) is 0 Å². The molecule has 0 heterocycles. The predicted octanol–water partition coefficient (Wildman–Crippen LogP) is 3.57. The van der Waals surface area contributed by atoms with E-state index in [9.17, 15) is 19.8 Å². The van der Waals surface area contributed by atoms with Gasteiger partial charge in [-0.1, -0.05) is 13.8 Å². The molecule has 6 heteroatoms. The van der Waals surface area contributed by atoms with E-state index in [1.807, 2.05) is 13.8 Å². The third-order valence-corrected chi connectivity index (χ3v) is 11.3. The lowest BCUT2D eigenvalue weighted by Gasteiger charge is -2.38. The minimum Gasteiger partial charge on any atom is -0.465 e. The Bertz CT molecular complexity index is 811. The molecule has 6 aliphatic carbocycles. The molecular weight excluding hydrogens is 432 g/mol. The van der Waals surface area contributed by atoms with Crippen molar-refractivity contribution in [1.29, 1.82) is 0 Å². The Kier molecular flexibility index (Phi) is 5.99. The number of esters is 2. The van der Waals surface area contributed by atoms with Gasteiger partial charge in [0.05, 0.1) is 30.7 Å². The number of fused-ring (bicyclic) bond motifs is 11. The van der Waals surface area contributed by atoms with Crippen LogP contribution in [0.5, 0.6) is 0 Å². The van der Waals surface area contributed by atoms with Gasteiger partial charge in [0.15, 0.2) is 0 Å². The summed E-state index contributed by atoms with van der Waals surface area (Å²) in [5.74, 6) is 4.14. The van der Waals surface area contributed by atoms with Crippen LogP contribution >= 0.6 is 0 Å². The molecule has 6 fully saturated rings. The molecule has 14 unspecified atom stereocenters. The third-order valence-electron chi connectivity index (χ3n) is 11.3. The molecule has 0 aliphatic heterocycles. The molecule has 0 aromatic heterocycles. The molecule has 6 saturated carbocycles. The highest BCUT2D eigenvalue weighted by atomic mass is 16.5. The molecule has 6 rings (SSSR count). The largest absolute Gasteiger partial charge is 0.465 e. The highest BCUT2D eigenvalue weighted by molar-refractivity contribution is 5.76. The molecule has 2 N–H and O–H groups in total. The maximum absolute atomic E-state index is 13.0. The summed E-state index contributed by atoms with van der Waals surface area (Å²) in [5, 5.41) is 20.1. The standard InChI is InChI=1S/C28H42O6/c1-3-14(28(32)33-12-19-8-18-10-20(19)26(30)25(18)29)6-13(2)27(31)34-22-11-17-9-21(22)24-16-5-4-15(7-16)23(17)24/h13-26,29-30H,3-12H2,1-2H3. The lowest BCUT2D eigenvalue weighted by atomic mass is 9.70. The van der Waals surface area contributed by atoms with Gasteiger partial charge in [-0.3, -0.25) is 9.59 Å². The minimum atomic E-state index is -0.695. The highest BCUT2D eigenvalue weighted by Crippen LogP contribution is 2.67. The van der Waals surface area contributed by atoms with Crippen LogP contribution in [-0.2, 0) is 19.1 Å². The van der Waals surface area contributed by atoms with Crippen LogP contribution in [0.3, 0.4) is 0 Å². The van der Waals surface area contributed by atoms with Crippen molar-refractivity contribution < 1.29 is 29.3 Å². The van der Waals surface area contributed by atoms with Crippen LogP contribution in [-0.4, -0.2) is 47.1 Å². The van der Waals surface area contributed by atoms with Crippen molar-refractivity contribution in [2.24, 2.45) is 65.1 Å². The second-order valence-corrected chi connectivity index (χ2v) is 12.9. The number of ether oxygens (including phenoxy) is 2. The Balaban J connectivity index is 0.980. The third kappa shape index (κ3) is 3.65. The maximum atomic E-state index is 13.0. The summed E-state index contributed by atoms with van der Waals surface area (Å²) in [6, 6.07) is 0. The summed E-state index contributed by atoms with van der Waals surface area (Å²) >= 11 is 0.